The summed E-state index contributed by atoms with van der Waals surface area (Å²) < 4.78 is 1.18. The minimum Gasteiger partial charge on any atom is -1.00 e. The molecule has 188 valence electrons. The van der Waals surface area contributed by atoms with E-state index in [9.17, 15) is 0 Å². The van der Waals surface area contributed by atoms with Gasteiger partial charge in [-0.25, -0.2) is 0 Å². The maximum atomic E-state index is 2.76. The number of hydrogen-bond acceptors (Lipinski definition) is 0. The Morgan fingerprint density at radius 1 is 0.781 bits per heavy atom. The van der Waals surface area contributed by atoms with Crippen LogP contribution in [0.5, 0.6) is 0 Å². The molecule has 0 unspecified atom stereocenters. The zero-order valence-electron chi connectivity index (χ0n) is 22.9. The molecule has 0 amide bonds. The van der Waals surface area contributed by atoms with Crippen LogP contribution in [0.4, 0.5) is 0 Å². The van der Waals surface area contributed by atoms with Gasteiger partial charge in [-0.1, -0.05) is 53.9 Å². The normalized spacial score (nSPS) is 44.9. The minimum atomic E-state index is 0. The molecule has 2 heteroatoms. The van der Waals surface area contributed by atoms with Crippen LogP contribution < -0.4 is 24.0 Å². The molecule has 0 aliphatic heterocycles. The van der Waals surface area contributed by atoms with Crippen LogP contribution in [-0.4, -0.2) is 31.7 Å². The third-order valence-corrected chi connectivity index (χ3v) is 11.9. The summed E-state index contributed by atoms with van der Waals surface area (Å²) >= 11 is 0. The Kier molecular flexibility index (Phi) is 8.51. The molecule has 0 bridgehead atoms. The zero-order valence-corrected chi connectivity index (χ0v) is 25.1. The maximum Gasteiger partial charge on any atom is 0.0887 e. The van der Waals surface area contributed by atoms with Crippen molar-refractivity contribution in [2.24, 2.45) is 52.3 Å². The van der Waals surface area contributed by atoms with Gasteiger partial charge in [0.2, 0.25) is 0 Å². The Morgan fingerprint density at radius 2 is 1.44 bits per heavy atom. The third kappa shape index (κ3) is 4.85. The second-order valence-electron chi connectivity index (χ2n) is 14.7. The summed E-state index contributed by atoms with van der Waals surface area (Å²) in [6.07, 6.45) is 18.1. The van der Waals surface area contributed by atoms with Gasteiger partial charge >= 0.3 is 0 Å². The fraction of sp³-hybridized carbons (Fsp3) is 1.00. The molecule has 4 aliphatic rings. The summed E-state index contributed by atoms with van der Waals surface area (Å²) in [7, 11) is 7.31. The number of nitrogens with zero attached hydrogens (tertiary/aromatic N) is 1. The highest BCUT2D eigenvalue weighted by molar-refractivity contribution is 5.09. The molecular formula is C30H56IN. The van der Waals surface area contributed by atoms with Crippen LogP contribution in [0.25, 0.3) is 0 Å². The number of quaternary nitrogens is 1. The second-order valence-corrected chi connectivity index (χ2v) is 14.7. The van der Waals surface area contributed by atoms with E-state index in [1.807, 2.05) is 0 Å². The van der Waals surface area contributed by atoms with Crippen LogP contribution >= 0.6 is 0 Å². The molecule has 0 spiro atoms. The summed E-state index contributed by atoms with van der Waals surface area (Å²) in [6, 6.07) is 0.894. The van der Waals surface area contributed by atoms with Crippen LogP contribution in [0.1, 0.15) is 112 Å². The highest BCUT2D eigenvalue weighted by atomic mass is 127. The Morgan fingerprint density at radius 3 is 2.09 bits per heavy atom. The lowest BCUT2D eigenvalue weighted by atomic mass is 9.44. The Balaban J connectivity index is 0.00000289. The molecule has 4 aliphatic carbocycles. The minimum absolute atomic E-state index is 0. The highest BCUT2D eigenvalue weighted by Gasteiger charge is 2.61. The van der Waals surface area contributed by atoms with E-state index in [1.165, 1.54) is 55.8 Å². The molecule has 0 heterocycles. The van der Waals surface area contributed by atoms with E-state index in [1.54, 1.807) is 25.7 Å². The molecule has 32 heavy (non-hydrogen) atoms. The van der Waals surface area contributed by atoms with Gasteiger partial charge in [-0.2, -0.15) is 0 Å². The van der Waals surface area contributed by atoms with Gasteiger partial charge in [-0.3, -0.25) is 0 Å². The smallest absolute Gasteiger partial charge is 0.0887 e. The van der Waals surface area contributed by atoms with Gasteiger partial charge in [0, 0.05) is 6.42 Å². The van der Waals surface area contributed by atoms with E-state index in [4.69, 9.17) is 0 Å². The Hall–Kier alpha value is 0.690. The number of halogens is 1. The Labute approximate surface area is 218 Å². The van der Waals surface area contributed by atoms with Crippen LogP contribution in [0.15, 0.2) is 0 Å². The quantitative estimate of drug-likeness (QED) is 0.312. The van der Waals surface area contributed by atoms with E-state index in [0.717, 1.165) is 47.5 Å². The monoisotopic (exact) mass is 557 g/mol. The molecule has 0 aromatic heterocycles. The fourth-order valence-corrected chi connectivity index (χ4v) is 9.96. The molecular weight excluding hydrogens is 501 g/mol. The predicted octanol–water partition coefficient (Wildman–Crippen LogP) is 5.19. The second kappa shape index (κ2) is 9.98. The summed E-state index contributed by atoms with van der Waals surface area (Å²) in [5.41, 5.74) is 1.30. The first-order valence-corrected chi connectivity index (χ1v) is 14.3. The molecule has 0 radical (unpaired) electrons. The first-order chi connectivity index (χ1) is 14.5. The van der Waals surface area contributed by atoms with Crippen molar-refractivity contribution in [1.29, 1.82) is 0 Å². The molecule has 0 aromatic carbocycles. The first kappa shape index (κ1) is 27.3. The van der Waals surface area contributed by atoms with Gasteiger partial charge in [0.25, 0.3) is 0 Å². The number of fused-ring (bicyclic) bond motifs is 5. The summed E-state index contributed by atoms with van der Waals surface area (Å²) in [5.74, 6) is 6.94. The summed E-state index contributed by atoms with van der Waals surface area (Å²) in [4.78, 5) is 0. The van der Waals surface area contributed by atoms with Crippen molar-refractivity contribution in [1.82, 2.24) is 0 Å². The highest BCUT2D eigenvalue weighted by Crippen LogP contribution is 2.68. The summed E-state index contributed by atoms with van der Waals surface area (Å²) in [5, 5.41) is 0. The van der Waals surface area contributed by atoms with Gasteiger partial charge in [-0.15, -0.1) is 0 Å². The molecule has 4 rings (SSSR count). The topological polar surface area (TPSA) is 0 Å². The maximum absolute atomic E-state index is 2.76. The lowest BCUT2D eigenvalue weighted by molar-refractivity contribution is -0.898. The van der Waals surface area contributed by atoms with Crippen molar-refractivity contribution in [3.8, 4) is 0 Å². The number of rotatable bonds is 6. The first-order valence-electron chi connectivity index (χ1n) is 14.3. The van der Waals surface area contributed by atoms with Crippen molar-refractivity contribution >= 4 is 0 Å². The van der Waals surface area contributed by atoms with Crippen molar-refractivity contribution in [3.63, 3.8) is 0 Å². The van der Waals surface area contributed by atoms with Crippen molar-refractivity contribution in [2.75, 3.05) is 21.1 Å². The molecule has 1 nitrogen and oxygen atoms in total. The van der Waals surface area contributed by atoms with Crippen molar-refractivity contribution in [3.05, 3.63) is 0 Å². The average Bonchev–Trinajstić information content (AvgIpc) is 3.03. The van der Waals surface area contributed by atoms with Crippen LogP contribution in [0.3, 0.4) is 0 Å². The van der Waals surface area contributed by atoms with Gasteiger partial charge in [-0.05, 0) is 104 Å². The van der Waals surface area contributed by atoms with Gasteiger partial charge in [0.1, 0.15) is 0 Å². The lowest BCUT2D eigenvalue weighted by Crippen LogP contribution is -3.00. The SMILES string of the molecule is CC(C)CCC[C@@H](C)[C@H]1CC[C@H]2[C@@H]3CC[C@H]4C[C@@H]([N+](C)(C)C)CC[C@]4(C)[C@H]3CC[C@]12C.[I-]. The van der Waals surface area contributed by atoms with Gasteiger partial charge < -0.3 is 28.5 Å². The standard InChI is InChI=1S/C30H56N.HI/c1-21(2)10-9-11-22(3)26-14-15-27-25-13-12-23-20-24(31(6,7)8)16-18-29(23,4)28(25)17-19-30(26,27)5;/h21-28H,9-20H2,1-8H3;1H/q+1;/p-1/t22-,23+,24+,25+,26-,27+,28+,29+,30-;/m1./s1. The lowest BCUT2D eigenvalue weighted by Gasteiger charge is -2.62. The average molecular weight is 558 g/mol. The van der Waals surface area contributed by atoms with E-state index < -0.39 is 0 Å². The van der Waals surface area contributed by atoms with Gasteiger partial charge in [0.05, 0.1) is 27.2 Å². The third-order valence-electron chi connectivity index (χ3n) is 11.9. The molecule has 0 saturated heterocycles. The molecule has 0 aromatic rings. The van der Waals surface area contributed by atoms with Crippen LogP contribution in [-0.2, 0) is 0 Å². The van der Waals surface area contributed by atoms with Crippen molar-refractivity contribution < 1.29 is 28.5 Å². The van der Waals surface area contributed by atoms with Gasteiger partial charge in [0.15, 0.2) is 0 Å². The van der Waals surface area contributed by atoms with E-state index >= 15 is 0 Å². The summed E-state index contributed by atoms with van der Waals surface area (Å²) in [6.45, 7) is 12.9. The predicted molar refractivity (Wildman–Crippen MR) is 135 cm³/mol. The molecule has 4 fully saturated rings. The fourth-order valence-electron chi connectivity index (χ4n) is 9.96. The zero-order chi connectivity index (χ0) is 22.6. The Bertz CT molecular complexity index is 623. The molecule has 0 N–H and O–H groups in total. The number of hydrogen-bond donors (Lipinski definition) is 0. The van der Waals surface area contributed by atoms with E-state index in [-0.39, 0.29) is 24.0 Å². The molecule has 4 saturated carbocycles. The van der Waals surface area contributed by atoms with Crippen LogP contribution in [0.2, 0.25) is 0 Å². The van der Waals surface area contributed by atoms with E-state index in [0.29, 0.717) is 10.8 Å². The molecule has 9 atom stereocenters. The van der Waals surface area contributed by atoms with E-state index in [2.05, 4.69) is 55.8 Å². The largest absolute Gasteiger partial charge is 1.00 e. The van der Waals surface area contributed by atoms with Crippen molar-refractivity contribution in [2.45, 2.75) is 118 Å². The van der Waals surface area contributed by atoms with Crippen LogP contribution in [0, 0.1) is 52.3 Å².